The van der Waals surface area contributed by atoms with Gasteiger partial charge in [-0.3, -0.25) is 0 Å². The molecule has 3 heteroatoms. The van der Waals surface area contributed by atoms with Crippen LogP contribution in [0.25, 0.3) is 50.7 Å². The summed E-state index contributed by atoms with van der Waals surface area (Å²) in [6, 6.07) is 17.7. The summed E-state index contributed by atoms with van der Waals surface area (Å²) in [5, 5.41) is 6.80. The maximum Gasteiger partial charge on any atom is 0.330 e. The Hall–Kier alpha value is -4.11. The number of rotatable bonds is 5. The summed E-state index contributed by atoms with van der Waals surface area (Å²) in [4.78, 5) is 11.7. The Bertz CT molecular complexity index is 1800. The smallest absolute Gasteiger partial charge is 0.330 e. The fourth-order valence-corrected chi connectivity index (χ4v) is 6.71. The first kappa shape index (κ1) is 22.1. The minimum atomic E-state index is -0.363. The lowest BCUT2D eigenvalue weighted by atomic mass is 9.73. The van der Waals surface area contributed by atoms with Crippen LogP contribution in [0.3, 0.4) is 0 Å². The van der Waals surface area contributed by atoms with Crippen LogP contribution < -0.4 is 10.4 Å². The molecule has 3 aliphatic carbocycles. The summed E-state index contributed by atoms with van der Waals surface area (Å²) in [6.07, 6.45) is 16.9. The van der Waals surface area contributed by atoms with Gasteiger partial charge in [0.25, 0.3) is 0 Å². The van der Waals surface area contributed by atoms with E-state index in [-0.39, 0.29) is 5.97 Å². The van der Waals surface area contributed by atoms with Crippen molar-refractivity contribution in [1.82, 2.24) is 4.57 Å². The van der Waals surface area contributed by atoms with Crippen molar-refractivity contribution in [3.63, 3.8) is 0 Å². The molecule has 3 aromatic carbocycles. The second-order valence-electron chi connectivity index (χ2n) is 10.1. The van der Waals surface area contributed by atoms with E-state index in [1.165, 1.54) is 66.1 Å². The van der Waals surface area contributed by atoms with Crippen LogP contribution in [0, 0.1) is 0 Å². The molecular weight excluding hydrogens is 454 g/mol. The highest BCUT2D eigenvalue weighted by atomic mass is 16.5. The van der Waals surface area contributed by atoms with Crippen LogP contribution in [-0.2, 0) is 16.1 Å². The van der Waals surface area contributed by atoms with Gasteiger partial charge in [-0.05, 0) is 58.2 Å². The van der Waals surface area contributed by atoms with Gasteiger partial charge in [0, 0.05) is 34.9 Å². The molecule has 3 aliphatic rings. The average Bonchev–Trinajstić information content (AvgIpc) is 3.31. The van der Waals surface area contributed by atoms with Crippen LogP contribution >= 0.6 is 0 Å². The summed E-state index contributed by atoms with van der Waals surface area (Å²) in [7, 11) is 0. The molecule has 7 rings (SSSR count). The zero-order chi connectivity index (χ0) is 24.9. The minimum absolute atomic E-state index is 0.331. The molecule has 1 heterocycles. The van der Waals surface area contributed by atoms with Gasteiger partial charge < -0.3 is 9.30 Å². The summed E-state index contributed by atoms with van der Waals surface area (Å²) >= 11 is 0. The highest BCUT2D eigenvalue weighted by molar-refractivity contribution is 6.12. The zero-order valence-electron chi connectivity index (χ0n) is 20.9. The highest BCUT2D eigenvalue weighted by Gasteiger charge is 2.35. The number of carbonyl (C=O) groups excluding carboxylic acids is 1. The molecular formula is C34H29NO2. The Kier molecular flexibility index (Phi) is 5.24. The maximum absolute atomic E-state index is 11.7. The number of allylic oxidation sites excluding steroid dienone is 4. The third kappa shape index (κ3) is 3.30. The van der Waals surface area contributed by atoms with Crippen molar-refractivity contribution in [2.75, 3.05) is 6.61 Å². The van der Waals surface area contributed by atoms with E-state index >= 15 is 0 Å². The van der Waals surface area contributed by atoms with Gasteiger partial charge in [-0.25, -0.2) is 4.79 Å². The van der Waals surface area contributed by atoms with Gasteiger partial charge in [-0.2, -0.15) is 0 Å². The van der Waals surface area contributed by atoms with Crippen LogP contribution in [0.2, 0.25) is 0 Å². The molecule has 1 unspecified atom stereocenters. The molecule has 0 fully saturated rings. The Morgan fingerprint density at radius 3 is 2.59 bits per heavy atom. The van der Waals surface area contributed by atoms with Crippen molar-refractivity contribution in [3.8, 4) is 11.3 Å². The number of aromatic nitrogens is 1. The number of aryl methyl sites for hydroxylation is 1. The molecule has 0 saturated carbocycles. The number of hydrogen-bond acceptors (Lipinski definition) is 2. The minimum Gasteiger partial charge on any atom is -0.462 e. The van der Waals surface area contributed by atoms with Gasteiger partial charge in [0.1, 0.15) is 0 Å². The molecule has 0 aliphatic heterocycles. The number of carbonyl (C=O) groups is 1. The lowest BCUT2D eigenvalue weighted by molar-refractivity contribution is -0.137. The summed E-state index contributed by atoms with van der Waals surface area (Å²) < 4.78 is 7.91. The van der Waals surface area contributed by atoms with E-state index in [1.54, 1.807) is 0 Å². The second kappa shape index (κ2) is 8.77. The van der Waals surface area contributed by atoms with Crippen LogP contribution in [0.4, 0.5) is 0 Å². The molecule has 182 valence electrons. The first-order chi connectivity index (χ1) is 18.3. The fraction of sp³-hybridized carbons (Fsp3) is 0.206. The van der Waals surface area contributed by atoms with E-state index in [0.717, 1.165) is 32.2 Å². The highest BCUT2D eigenvalue weighted by Crippen LogP contribution is 2.52. The Labute approximate surface area is 216 Å². The van der Waals surface area contributed by atoms with Gasteiger partial charge in [0.2, 0.25) is 0 Å². The molecule has 0 amide bonds. The van der Waals surface area contributed by atoms with Crippen LogP contribution in [0.15, 0.2) is 79.4 Å². The van der Waals surface area contributed by atoms with E-state index in [9.17, 15) is 4.79 Å². The first-order valence-corrected chi connectivity index (χ1v) is 13.3. The maximum atomic E-state index is 11.7. The van der Waals surface area contributed by atoms with Crippen molar-refractivity contribution in [2.24, 2.45) is 0 Å². The summed E-state index contributed by atoms with van der Waals surface area (Å²) in [5.74, 6) is -0.0315. The number of nitrogens with zero attached hydrogens (tertiary/aromatic N) is 1. The predicted octanol–water partition coefficient (Wildman–Crippen LogP) is 6.38. The molecule has 37 heavy (non-hydrogen) atoms. The monoisotopic (exact) mass is 483 g/mol. The van der Waals surface area contributed by atoms with E-state index < -0.39 is 0 Å². The van der Waals surface area contributed by atoms with Crippen LogP contribution in [0.5, 0.6) is 0 Å². The Morgan fingerprint density at radius 2 is 1.76 bits per heavy atom. The largest absolute Gasteiger partial charge is 0.462 e. The summed E-state index contributed by atoms with van der Waals surface area (Å²) in [5.41, 5.74) is 8.15. The third-order valence-corrected chi connectivity index (χ3v) is 8.13. The van der Waals surface area contributed by atoms with Gasteiger partial charge in [0.05, 0.1) is 17.8 Å². The van der Waals surface area contributed by atoms with Gasteiger partial charge in [0.15, 0.2) is 0 Å². The van der Waals surface area contributed by atoms with E-state index in [4.69, 9.17) is 4.74 Å². The fourth-order valence-electron chi connectivity index (χ4n) is 6.71. The molecule has 0 radical (unpaired) electrons. The lowest BCUT2D eigenvalue weighted by Gasteiger charge is -2.31. The zero-order valence-corrected chi connectivity index (χ0v) is 20.9. The van der Waals surface area contributed by atoms with E-state index in [1.807, 2.05) is 0 Å². The average molecular weight is 484 g/mol. The van der Waals surface area contributed by atoms with E-state index in [2.05, 4.69) is 90.1 Å². The SMILES string of the molecule is C=CC(=O)OCCCn1c2c(c3c4c(c5ccccc5c31)=CCCC=4)C1CC=CC=C1c1ccccc1-2. The Morgan fingerprint density at radius 1 is 1.00 bits per heavy atom. The molecule has 0 spiro atoms. The number of hydrogen-bond donors (Lipinski definition) is 0. The van der Waals surface area contributed by atoms with E-state index in [0.29, 0.717) is 12.5 Å². The van der Waals surface area contributed by atoms with Gasteiger partial charge in [-0.15, -0.1) is 0 Å². The quantitative estimate of drug-likeness (QED) is 0.187. The predicted molar refractivity (Wildman–Crippen MR) is 153 cm³/mol. The summed E-state index contributed by atoms with van der Waals surface area (Å²) in [6.45, 7) is 4.68. The topological polar surface area (TPSA) is 31.2 Å². The molecule has 0 N–H and O–H groups in total. The lowest BCUT2D eigenvalue weighted by Crippen LogP contribution is -2.29. The number of fused-ring (bicyclic) bond motifs is 13. The van der Waals surface area contributed by atoms with Gasteiger partial charge >= 0.3 is 5.97 Å². The third-order valence-electron chi connectivity index (χ3n) is 8.13. The van der Waals surface area contributed by atoms with Crippen molar-refractivity contribution in [3.05, 3.63) is 101 Å². The van der Waals surface area contributed by atoms with Gasteiger partial charge in [-0.1, -0.05) is 85.5 Å². The molecule has 1 aromatic heterocycles. The molecule has 0 bridgehead atoms. The number of ether oxygens (including phenoxy) is 1. The van der Waals surface area contributed by atoms with Crippen molar-refractivity contribution in [2.45, 2.75) is 38.1 Å². The number of esters is 1. The normalized spacial score (nSPS) is 17.1. The van der Waals surface area contributed by atoms with Crippen molar-refractivity contribution in [1.29, 1.82) is 0 Å². The molecule has 3 nitrogen and oxygen atoms in total. The number of benzene rings is 3. The van der Waals surface area contributed by atoms with Crippen molar-refractivity contribution < 1.29 is 9.53 Å². The molecule has 4 aromatic rings. The van der Waals surface area contributed by atoms with Crippen LogP contribution in [-0.4, -0.2) is 17.1 Å². The molecule has 1 atom stereocenters. The second-order valence-corrected chi connectivity index (χ2v) is 10.1. The Balaban J connectivity index is 1.60. The van der Waals surface area contributed by atoms with Crippen LogP contribution in [0.1, 0.15) is 42.7 Å². The standard InChI is InChI=1S/C34H29NO2/c1-2-30(36)37-21-11-20-35-33-28-18-9-5-14-24(28)22-12-3-7-16-26(22)31(33)32-27-17-8-4-13-23(27)25-15-6-10-19-29(25)34(32)35/h2-3,5-7,9-10,12-15,17-19,26H,1,4,8,11,16,20-21H2. The molecule has 0 saturated heterocycles. The van der Waals surface area contributed by atoms with Crippen molar-refractivity contribution >= 4 is 45.4 Å². The first-order valence-electron chi connectivity index (χ1n) is 13.3.